The number of Topliss-reactive ketones (excluding diaryl/α,β-unsaturated/α-hetero) is 1. The van der Waals surface area contributed by atoms with Crippen molar-refractivity contribution in [1.82, 2.24) is 0 Å². The van der Waals surface area contributed by atoms with E-state index in [-0.39, 0.29) is 30.9 Å². The number of hydrogen-bond donors (Lipinski definition) is 1. The van der Waals surface area contributed by atoms with E-state index in [1.165, 1.54) is 12.1 Å². The number of hydrogen-bond acceptors (Lipinski definition) is 5. The molecule has 2 aliphatic rings. The van der Waals surface area contributed by atoms with E-state index in [1.807, 2.05) is 12.1 Å². The van der Waals surface area contributed by atoms with E-state index in [0.717, 1.165) is 5.56 Å². The Kier molecular flexibility index (Phi) is 2.54. The number of benzene rings is 2. The molecule has 5 nitrogen and oxygen atoms in total. The number of ketones is 1. The molecule has 2 aliphatic heterocycles. The fourth-order valence-corrected chi connectivity index (χ4v) is 2.65. The Bertz CT molecular complexity index is 737. The summed E-state index contributed by atoms with van der Waals surface area (Å²) in [5, 5.41) is 9.44. The molecule has 1 atom stereocenters. The molecule has 0 bridgehead atoms. The van der Waals surface area contributed by atoms with Crippen molar-refractivity contribution in [1.29, 1.82) is 0 Å². The maximum atomic E-state index is 12.6. The van der Waals surface area contributed by atoms with Crippen LogP contribution in [0.2, 0.25) is 0 Å². The number of rotatable bonds is 1. The summed E-state index contributed by atoms with van der Waals surface area (Å²) in [7, 11) is 0. The molecule has 2 aromatic carbocycles. The number of ether oxygens (including phenoxy) is 3. The van der Waals surface area contributed by atoms with Crippen molar-refractivity contribution < 1.29 is 24.1 Å². The summed E-state index contributed by atoms with van der Waals surface area (Å²) < 4.78 is 16.2. The highest BCUT2D eigenvalue weighted by atomic mass is 16.7. The molecular weight excluding hydrogens is 272 g/mol. The van der Waals surface area contributed by atoms with Gasteiger partial charge in [0.2, 0.25) is 6.79 Å². The summed E-state index contributed by atoms with van der Waals surface area (Å²) in [6.07, 6.45) is 0. The van der Waals surface area contributed by atoms with Crippen LogP contribution in [0.4, 0.5) is 0 Å². The average molecular weight is 284 g/mol. The van der Waals surface area contributed by atoms with Gasteiger partial charge in [-0.1, -0.05) is 6.07 Å². The van der Waals surface area contributed by atoms with Crippen LogP contribution in [0.25, 0.3) is 0 Å². The van der Waals surface area contributed by atoms with Gasteiger partial charge in [-0.15, -0.1) is 0 Å². The lowest BCUT2D eigenvalue weighted by Crippen LogP contribution is -2.25. The summed E-state index contributed by atoms with van der Waals surface area (Å²) in [6.45, 7) is 0.449. The van der Waals surface area contributed by atoms with Gasteiger partial charge in [-0.05, 0) is 29.8 Å². The highest BCUT2D eigenvalue weighted by Crippen LogP contribution is 2.38. The summed E-state index contributed by atoms with van der Waals surface area (Å²) in [4.78, 5) is 12.6. The van der Waals surface area contributed by atoms with Gasteiger partial charge in [-0.25, -0.2) is 0 Å². The van der Waals surface area contributed by atoms with E-state index >= 15 is 0 Å². The zero-order valence-electron chi connectivity index (χ0n) is 11.0. The molecule has 0 spiro atoms. The predicted octanol–water partition coefficient (Wildman–Crippen LogP) is 2.48. The lowest BCUT2D eigenvalue weighted by atomic mass is 9.89. The predicted molar refractivity (Wildman–Crippen MR) is 73.2 cm³/mol. The maximum Gasteiger partial charge on any atom is 0.231 e. The first-order valence-corrected chi connectivity index (χ1v) is 6.62. The van der Waals surface area contributed by atoms with Crippen LogP contribution < -0.4 is 14.2 Å². The van der Waals surface area contributed by atoms with Crippen molar-refractivity contribution in [3.8, 4) is 23.0 Å². The van der Waals surface area contributed by atoms with Gasteiger partial charge in [-0.3, -0.25) is 4.79 Å². The summed E-state index contributed by atoms with van der Waals surface area (Å²) in [6, 6.07) is 10.0. The largest absolute Gasteiger partial charge is 0.508 e. The molecule has 0 aromatic heterocycles. The minimum absolute atomic E-state index is 0.0184. The molecule has 106 valence electrons. The lowest BCUT2D eigenvalue weighted by Gasteiger charge is -2.24. The van der Waals surface area contributed by atoms with Crippen LogP contribution in [0.3, 0.4) is 0 Å². The van der Waals surface area contributed by atoms with Crippen LogP contribution >= 0.6 is 0 Å². The zero-order valence-corrected chi connectivity index (χ0v) is 11.0. The molecule has 0 amide bonds. The van der Waals surface area contributed by atoms with Gasteiger partial charge in [-0.2, -0.15) is 0 Å². The van der Waals surface area contributed by atoms with Gasteiger partial charge in [0.25, 0.3) is 0 Å². The Morgan fingerprint density at radius 2 is 1.81 bits per heavy atom. The Hall–Kier alpha value is -2.69. The summed E-state index contributed by atoms with van der Waals surface area (Å²) in [5.41, 5.74) is 1.32. The van der Waals surface area contributed by atoms with E-state index in [4.69, 9.17) is 14.2 Å². The van der Waals surface area contributed by atoms with Gasteiger partial charge in [0.05, 0.1) is 11.5 Å². The smallest absolute Gasteiger partial charge is 0.231 e. The van der Waals surface area contributed by atoms with Crippen LogP contribution in [0, 0.1) is 0 Å². The number of phenolic OH excluding ortho intramolecular Hbond substituents is 1. The number of carbonyl (C=O) groups is 1. The highest BCUT2D eigenvalue weighted by Gasteiger charge is 2.31. The molecule has 0 radical (unpaired) electrons. The zero-order chi connectivity index (χ0) is 14.4. The molecule has 2 aromatic rings. The van der Waals surface area contributed by atoms with E-state index in [9.17, 15) is 9.90 Å². The second-order valence-corrected chi connectivity index (χ2v) is 5.02. The molecule has 1 unspecified atom stereocenters. The fraction of sp³-hybridized carbons (Fsp3) is 0.188. The van der Waals surface area contributed by atoms with Crippen molar-refractivity contribution in [2.45, 2.75) is 5.92 Å². The monoisotopic (exact) mass is 284 g/mol. The first-order valence-electron chi connectivity index (χ1n) is 6.62. The van der Waals surface area contributed by atoms with Crippen molar-refractivity contribution in [2.75, 3.05) is 13.4 Å². The molecule has 21 heavy (non-hydrogen) atoms. The molecule has 1 N–H and O–H groups in total. The molecule has 0 saturated carbocycles. The van der Waals surface area contributed by atoms with Gasteiger partial charge in [0.15, 0.2) is 17.3 Å². The minimum atomic E-state index is -0.378. The van der Waals surface area contributed by atoms with Crippen molar-refractivity contribution in [3.05, 3.63) is 47.5 Å². The standard InChI is InChI=1S/C16H12O5/c17-10-2-3-11-14(6-10)19-7-12(16(11)18)9-1-4-13-15(5-9)21-8-20-13/h1-6,12,17H,7-8H2. The Labute approximate surface area is 120 Å². The average Bonchev–Trinajstić information content (AvgIpc) is 2.95. The van der Waals surface area contributed by atoms with Crippen molar-refractivity contribution in [3.63, 3.8) is 0 Å². The first kappa shape index (κ1) is 12.1. The SMILES string of the molecule is O=C1c2ccc(O)cc2OCC1c1ccc2c(c1)OCO2. The lowest BCUT2D eigenvalue weighted by molar-refractivity contribution is 0.0896. The highest BCUT2D eigenvalue weighted by molar-refractivity contribution is 6.04. The van der Waals surface area contributed by atoms with E-state index in [2.05, 4.69) is 0 Å². The normalized spacial score (nSPS) is 19.0. The van der Waals surface area contributed by atoms with Gasteiger partial charge < -0.3 is 19.3 Å². The molecule has 0 saturated heterocycles. The topological polar surface area (TPSA) is 65.0 Å². The number of aromatic hydroxyl groups is 1. The Morgan fingerprint density at radius 1 is 0.952 bits per heavy atom. The maximum absolute atomic E-state index is 12.6. The van der Waals surface area contributed by atoms with Gasteiger partial charge in [0, 0.05) is 6.07 Å². The number of phenols is 1. The van der Waals surface area contributed by atoms with E-state index in [1.54, 1.807) is 12.1 Å². The van der Waals surface area contributed by atoms with E-state index in [0.29, 0.717) is 22.8 Å². The van der Waals surface area contributed by atoms with Gasteiger partial charge >= 0.3 is 0 Å². The second-order valence-electron chi connectivity index (χ2n) is 5.02. The summed E-state index contributed by atoms with van der Waals surface area (Å²) >= 11 is 0. The third-order valence-electron chi connectivity index (χ3n) is 3.75. The van der Waals surface area contributed by atoms with Gasteiger partial charge in [0.1, 0.15) is 18.1 Å². The van der Waals surface area contributed by atoms with Crippen LogP contribution in [0.1, 0.15) is 21.8 Å². The van der Waals surface area contributed by atoms with Crippen LogP contribution in [0.5, 0.6) is 23.0 Å². The molecule has 0 fully saturated rings. The van der Waals surface area contributed by atoms with Crippen LogP contribution in [-0.4, -0.2) is 24.3 Å². The van der Waals surface area contributed by atoms with E-state index < -0.39 is 0 Å². The molecule has 2 heterocycles. The van der Waals surface area contributed by atoms with Crippen LogP contribution in [0.15, 0.2) is 36.4 Å². The van der Waals surface area contributed by atoms with Crippen LogP contribution in [-0.2, 0) is 0 Å². The fourth-order valence-electron chi connectivity index (χ4n) is 2.65. The minimum Gasteiger partial charge on any atom is -0.508 e. The number of fused-ring (bicyclic) bond motifs is 2. The third-order valence-corrected chi connectivity index (χ3v) is 3.75. The first-order chi connectivity index (χ1) is 10.2. The molecule has 0 aliphatic carbocycles. The number of carbonyl (C=O) groups excluding carboxylic acids is 1. The molecule has 4 rings (SSSR count). The Morgan fingerprint density at radius 3 is 2.71 bits per heavy atom. The quantitative estimate of drug-likeness (QED) is 0.871. The molecular formula is C16H12O5. The third kappa shape index (κ3) is 1.89. The summed E-state index contributed by atoms with van der Waals surface area (Å²) in [5.74, 6) is 1.46. The van der Waals surface area contributed by atoms with Crippen molar-refractivity contribution in [2.24, 2.45) is 0 Å². The van der Waals surface area contributed by atoms with Crippen molar-refractivity contribution >= 4 is 5.78 Å². The second kappa shape index (κ2) is 4.41. The molecule has 5 heteroatoms. The Balaban J connectivity index is 1.71.